The van der Waals surface area contributed by atoms with Crippen LogP contribution in [0.3, 0.4) is 0 Å². The molecule has 1 rings (SSSR count). The maximum absolute atomic E-state index is 12.8. The molecule has 1 saturated heterocycles. The lowest BCUT2D eigenvalue weighted by Gasteiger charge is -2.43. The molecule has 1 aliphatic rings. The van der Waals surface area contributed by atoms with E-state index < -0.39 is 24.4 Å². The minimum absolute atomic E-state index is 0.110. The fourth-order valence-electron chi connectivity index (χ4n) is 5.38. The fraction of sp³-hybridized carbons (Fsp3) is 0.906. The molecule has 0 bridgehead atoms. The van der Waals surface area contributed by atoms with E-state index in [1.54, 1.807) is 0 Å². The summed E-state index contributed by atoms with van der Waals surface area (Å²) in [5, 5.41) is 23.5. The maximum atomic E-state index is 12.8. The van der Waals surface area contributed by atoms with Gasteiger partial charge >= 0.3 is 0 Å². The highest BCUT2D eigenvalue weighted by atomic mass is 16.6. The third kappa shape index (κ3) is 15.6. The molecule has 0 saturated carbocycles. The minimum Gasteiger partial charge on any atom is -0.394 e. The zero-order valence-corrected chi connectivity index (χ0v) is 25.1. The lowest BCUT2D eigenvalue weighted by atomic mass is 9.92. The van der Waals surface area contributed by atoms with Crippen molar-refractivity contribution in [2.75, 3.05) is 13.2 Å². The molecule has 1 fully saturated rings. The quantitative estimate of drug-likeness (QED) is 0.0907. The number of aliphatic hydroxyl groups excluding tert-OH is 2. The van der Waals surface area contributed by atoms with Crippen LogP contribution in [0, 0.1) is 0 Å². The fourth-order valence-corrected chi connectivity index (χ4v) is 5.38. The van der Waals surface area contributed by atoms with Gasteiger partial charge < -0.3 is 25.0 Å². The third-order valence-corrected chi connectivity index (χ3v) is 7.83. The highest BCUT2D eigenvalue weighted by molar-refractivity contribution is 5.78. The predicted octanol–water partition coefficient (Wildman–Crippen LogP) is 7.00. The number of carbonyl (C=O) groups is 1. The van der Waals surface area contributed by atoms with Gasteiger partial charge in [-0.1, -0.05) is 122 Å². The maximum Gasteiger partial charge on any atom is 0.224 e. The molecule has 0 aromatic rings. The molecule has 3 N–H and O–H groups in total. The number of hydrogen-bond acceptors (Lipinski definition) is 5. The van der Waals surface area contributed by atoms with Gasteiger partial charge in [0.1, 0.15) is 18.3 Å². The number of ether oxygens (including phenoxy) is 2. The standard InChI is InChI=1S/C32H61NO5/c1-5-7-9-11-13-15-16-18-20-22-26(3)24-29(35)33-30-27(4)38-28(25-34)31(36)32(30)37-23-21-19-17-14-12-10-8-6-2/h27-28,30-32,34,36H,3,5-25H2,1-2,4H3,(H,33,35). The molecule has 38 heavy (non-hydrogen) atoms. The van der Waals surface area contributed by atoms with Crippen molar-refractivity contribution in [2.45, 2.75) is 173 Å². The number of hydrogen-bond donors (Lipinski definition) is 3. The third-order valence-electron chi connectivity index (χ3n) is 7.83. The molecule has 224 valence electrons. The molecule has 5 unspecified atom stereocenters. The minimum atomic E-state index is -0.985. The Kier molecular flexibility index (Phi) is 21.1. The smallest absolute Gasteiger partial charge is 0.224 e. The summed E-state index contributed by atoms with van der Waals surface area (Å²) in [5.74, 6) is -0.110. The second kappa shape index (κ2) is 22.8. The van der Waals surface area contributed by atoms with Crippen molar-refractivity contribution in [3.05, 3.63) is 12.2 Å². The average Bonchev–Trinajstić information content (AvgIpc) is 2.89. The molecular formula is C32H61NO5. The Morgan fingerprint density at radius 1 is 0.842 bits per heavy atom. The number of aliphatic hydroxyl groups is 2. The summed E-state index contributed by atoms with van der Waals surface area (Å²) in [6.07, 6.45) is 19.6. The SMILES string of the molecule is C=C(CCCCCCCCCCC)CC(=O)NC1C(C)OC(CO)C(O)C1OCCCCCCCCCC. The van der Waals surface area contributed by atoms with Crippen LogP contribution in [0.5, 0.6) is 0 Å². The number of nitrogens with one attached hydrogen (secondary N) is 1. The monoisotopic (exact) mass is 539 g/mol. The number of unbranched alkanes of at least 4 members (excludes halogenated alkanes) is 15. The molecule has 1 aliphatic heterocycles. The van der Waals surface area contributed by atoms with Gasteiger partial charge in [-0.2, -0.15) is 0 Å². The van der Waals surface area contributed by atoms with E-state index in [1.165, 1.54) is 89.9 Å². The van der Waals surface area contributed by atoms with Crippen LogP contribution >= 0.6 is 0 Å². The van der Waals surface area contributed by atoms with E-state index in [4.69, 9.17) is 9.47 Å². The Labute approximate surface area is 234 Å². The van der Waals surface area contributed by atoms with Gasteiger partial charge in [-0.05, 0) is 26.2 Å². The van der Waals surface area contributed by atoms with Gasteiger partial charge in [0, 0.05) is 13.0 Å². The molecule has 0 aromatic heterocycles. The molecule has 0 aliphatic carbocycles. The van der Waals surface area contributed by atoms with Crippen molar-refractivity contribution in [3.63, 3.8) is 0 Å². The van der Waals surface area contributed by atoms with Gasteiger partial charge in [0.25, 0.3) is 0 Å². The lowest BCUT2D eigenvalue weighted by Crippen LogP contribution is -2.64. The first-order valence-corrected chi connectivity index (χ1v) is 16.0. The molecule has 0 radical (unpaired) electrons. The van der Waals surface area contributed by atoms with Gasteiger partial charge in [0.05, 0.1) is 18.8 Å². The highest BCUT2D eigenvalue weighted by Crippen LogP contribution is 2.24. The van der Waals surface area contributed by atoms with Crippen molar-refractivity contribution in [2.24, 2.45) is 0 Å². The molecule has 6 heteroatoms. The van der Waals surface area contributed by atoms with E-state index in [2.05, 4.69) is 25.7 Å². The topological polar surface area (TPSA) is 88.0 Å². The van der Waals surface area contributed by atoms with Crippen LogP contribution in [0.15, 0.2) is 12.2 Å². The van der Waals surface area contributed by atoms with E-state index in [0.29, 0.717) is 6.61 Å². The first-order valence-electron chi connectivity index (χ1n) is 16.0. The first-order chi connectivity index (χ1) is 18.4. The Bertz CT molecular complexity index is 598. The molecule has 0 aromatic carbocycles. The molecule has 6 nitrogen and oxygen atoms in total. The summed E-state index contributed by atoms with van der Waals surface area (Å²) in [6.45, 7) is 10.7. The summed E-state index contributed by atoms with van der Waals surface area (Å²) in [6, 6.07) is -0.463. The highest BCUT2D eigenvalue weighted by Gasteiger charge is 2.44. The van der Waals surface area contributed by atoms with Crippen LogP contribution < -0.4 is 5.32 Å². The van der Waals surface area contributed by atoms with Crippen LogP contribution in [0.25, 0.3) is 0 Å². The van der Waals surface area contributed by atoms with Gasteiger partial charge in [-0.25, -0.2) is 0 Å². The molecule has 1 amide bonds. The normalized spacial score (nSPS) is 23.4. The van der Waals surface area contributed by atoms with Gasteiger partial charge in [0.15, 0.2) is 0 Å². The van der Waals surface area contributed by atoms with E-state index in [0.717, 1.165) is 31.3 Å². The van der Waals surface area contributed by atoms with E-state index in [-0.39, 0.29) is 25.0 Å². The van der Waals surface area contributed by atoms with Crippen molar-refractivity contribution in [3.8, 4) is 0 Å². The Balaban J connectivity index is 2.37. The summed E-state index contributed by atoms with van der Waals surface area (Å²) >= 11 is 0. The van der Waals surface area contributed by atoms with Crippen LogP contribution in [0.4, 0.5) is 0 Å². The van der Waals surface area contributed by atoms with E-state index in [9.17, 15) is 15.0 Å². The van der Waals surface area contributed by atoms with Crippen LogP contribution in [-0.4, -0.2) is 59.8 Å². The average molecular weight is 540 g/mol. The number of amides is 1. The zero-order chi connectivity index (χ0) is 28.0. The van der Waals surface area contributed by atoms with E-state index >= 15 is 0 Å². The number of rotatable bonds is 24. The summed E-state index contributed by atoms with van der Waals surface area (Å²) in [4.78, 5) is 12.8. The van der Waals surface area contributed by atoms with Gasteiger partial charge in [-0.15, -0.1) is 0 Å². The van der Waals surface area contributed by atoms with Crippen LogP contribution in [0.1, 0.15) is 143 Å². The summed E-state index contributed by atoms with van der Waals surface area (Å²) < 4.78 is 11.9. The van der Waals surface area contributed by atoms with Gasteiger partial charge in [-0.3, -0.25) is 4.79 Å². The zero-order valence-electron chi connectivity index (χ0n) is 25.1. The summed E-state index contributed by atoms with van der Waals surface area (Å²) in [7, 11) is 0. The van der Waals surface area contributed by atoms with Crippen LogP contribution in [0.2, 0.25) is 0 Å². The second-order valence-corrected chi connectivity index (χ2v) is 11.5. The molecular weight excluding hydrogens is 478 g/mol. The largest absolute Gasteiger partial charge is 0.394 e. The first kappa shape index (κ1) is 35.1. The molecule has 1 heterocycles. The van der Waals surface area contributed by atoms with Crippen molar-refractivity contribution in [1.29, 1.82) is 0 Å². The lowest BCUT2D eigenvalue weighted by molar-refractivity contribution is -0.204. The van der Waals surface area contributed by atoms with Crippen molar-refractivity contribution in [1.82, 2.24) is 5.32 Å². The van der Waals surface area contributed by atoms with Crippen molar-refractivity contribution >= 4 is 5.91 Å². The van der Waals surface area contributed by atoms with Gasteiger partial charge in [0.2, 0.25) is 5.91 Å². The predicted molar refractivity (Wildman–Crippen MR) is 157 cm³/mol. The summed E-state index contributed by atoms with van der Waals surface area (Å²) in [5.41, 5.74) is 0.944. The van der Waals surface area contributed by atoms with Crippen molar-refractivity contribution < 1.29 is 24.5 Å². The molecule has 5 atom stereocenters. The van der Waals surface area contributed by atoms with E-state index in [1.807, 2.05) is 6.92 Å². The second-order valence-electron chi connectivity index (χ2n) is 11.5. The molecule has 0 spiro atoms. The Morgan fingerprint density at radius 2 is 1.34 bits per heavy atom. The number of carbonyl (C=O) groups excluding carboxylic acids is 1. The Morgan fingerprint density at radius 3 is 1.87 bits per heavy atom. The Hall–Kier alpha value is -0.950. The van der Waals surface area contributed by atoms with Crippen LogP contribution in [-0.2, 0) is 14.3 Å².